The SMILES string of the molecule is NCCCCC(=O)Cc1ccoc1. The Morgan fingerprint density at radius 1 is 1.46 bits per heavy atom. The van der Waals surface area contributed by atoms with Crippen molar-refractivity contribution in [2.24, 2.45) is 5.73 Å². The van der Waals surface area contributed by atoms with Crippen LogP contribution in [0, 0.1) is 0 Å². The first-order valence-corrected chi connectivity index (χ1v) is 4.56. The fraction of sp³-hybridized carbons (Fsp3) is 0.500. The third-order valence-corrected chi connectivity index (χ3v) is 1.89. The van der Waals surface area contributed by atoms with Gasteiger partial charge in [0.2, 0.25) is 0 Å². The number of hydrogen-bond donors (Lipinski definition) is 1. The minimum Gasteiger partial charge on any atom is -0.472 e. The zero-order chi connectivity index (χ0) is 9.52. The Hall–Kier alpha value is -1.09. The molecule has 0 bridgehead atoms. The van der Waals surface area contributed by atoms with Crippen LogP contribution in [0.25, 0.3) is 0 Å². The highest BCUT2D eigenvalue weighted by molar-refractivity contribution is 5.80. The van der Waals surface area contributed by atoms with Crippen LogP contribution in [0.4, 0.5) is 0 Å². The molecule has 2 N–H and O–H groups in total. The van der Waals surface area contributed by atoms with Gasteiger partial charge in [-0.2, -0.15) is 0 Å². The Morgan fingerprint density at radius 2 is 2.31 bits per heavy atom. The molecule has 1 aromatic rings. The quantitative estimate of drug-likeness (QED) is 0.677. The third-order valence-electron chi connectivity index (χ3n) is 1.89. The summed E-state index contributed by atoms with van der Waals surface area (Å²) in [5, 5.41) is 0. The van der Waals surface area contributed by atoms with Crippen molar-refractivity contribution in [1.82, 2.24) is 0 Å². The van der Waals surface area contributed by atoms with Gasteiger partial charge >= 0.3 is 0 Å². The van der Waals surface area contributed by atoms with E-state index in [1.54, 1.807) is 12.5 Å². The molecular weight excluding hydrogens is 166 g/mol. The van der Waals surface area contributed by atoms with E-state index in [1.807, 2.05) is 6.07 Å². The van der Waals surface area contributed by atoms with E-state index in [2.05, 4.69) is 0 Å². The van der Waals surface area contributed by atoms with Gasteiger partial charge in [-0.05, 0) is 31.0 Å². The minimum atomic E-state index is 0.259. The average Bonchev–Trinajstić information content (AvgIpc) is 2.57. The Morgan fingerprint density at radius 3 is 2.92 bits per heavy atom. The molecule has 0 aliphatic rings. The standard InChI is InChI=1S/C10H15NO2/c11-5-2-1-3-10(12)7-9-4-6-13-8-9/h4,6,8H,1-3,5,7,11H2. The Balaban J connectivity index is 2.18. The lowest BCUT2D eigenvalue weighted by molar-refractivity contribution is -0.118. The van der Waals surface area contributed by atoms with E-state index in [-0.39, 0.29) is 5.78 Å². The van der Waals surface area contributed by atoms with Crippen LogP contribution in [-0.2, 0) is 11.2 Å². The highest BCUT2D eigenvalue weighted by atomic mass is 16.3. The monoisotopic (exact) mass is 181 g/mol. The van der Waals surface area contributed by atoms with Crippen LogP contribution in [0.15, 0.2) is 23.0 Å². The van der Waals surface area contributed by atoms with Gasteiger partial charge in [0.05, 0.1) is 12.5 Å². The molecule has 3 nitrogen and oxygen atoms in total. The summed E-state index contributed by atoms with van der Waals surface area (Å²) in [4.78, 5) is 11.3. The minimum absolute atomic E-state index is 0.259. The molecule has 3 heteroatoms. The second-order valence-electron chi connectivity index (χ2n) is 3.09. The van der Waals surface area contributed by atoms with E-state index in [1.165, 1.54) is 0 Å². The zero-order valence-corrected chi connectivity index (χ0v) is 7.66. The molecule has 0 aliphatic carbocycles. The lowest BCUT2D eigenvalue weighted by Crippen LogP contribution is -2.04. The molecule has 0 saturated heterocycles. The molecular formula is C10H15NO2. The molecule has 0 atom stereocenters. The smallest absolute Gasteiger partial charge is 0.137 e. The fourth-order valence-corrected chi connectivity index (χ4v) is 1.18. The summed E-state index contributed by atoms with van der Waals surface area (Å²) in [5.74, 6) is 0.259. The number of unbranched alkanes of at least 4 members (excludes halogenated alkanes) is 1. The van der Waals surface area contributed by atoms with Crippen molar-refractivity contribution in [2.75, 3.05) is 6.54 Å². The van der Waals surface area contributed by atoms with Crippen LogP contribution in [0.2, 0.25) is 0 Å². The van der Waals surface area contributed by atoms with Crippen molar-refractivity contribution in [3.05, 3.63) is 24.2 Å². The van der Waals surface area contributed by atoms with E-state index >= 15 is 0 Å². The summed E-state index contributed by atoms with van der Waals surface area (Å²) in [5.41, 5.74) is 6.28. The van der Waals surface area contributed by atoms with Crippen LogP contribution in [0.3, 0.4) is 0 Å². The van der Waals surface area contributed by atoms with Gasteiger partial charge in [-0.1, -0.05) is 0 Å². The lowest BCUT2D eigenvalue weighted by atomic mass is 10.1. The van der Waals surface area contributed by atoms with E-state index in [4.69, 9.17) is 10.2 Å². The first-order valence-electron chi connectivity index (χ1n) is 4.56. The van der Waals surface area contributed by atoms with Crippen molar-refractivity contribution in [3.63, 3.8) is 0 Å². The molecule has 1 rings (SSSR count). The molecule has 1 aromatic heterocycles. The van der Waals surface area contributed by atoms with Gasteiger partial charge < -0.3 is 10.2 Å². The van der Waals surface area contributed by atoms with Gasteiger partial charge in [-0.3, -0.25) is 4.79 Å². The first-order chi connectivity index (χ1) is 6.33. The van der Waals surface area contributed by atoms with Crippen LogP contribution < -0.4 is 5.73 Å². The molecule has 0 unspecified atom stereocenters. The van der Waals surface area contributed by atoms with Crippen LogP contribution >= 0.6 is 0 Å². The molecule has 0 aromatic carbocycles. The Labute approximate surface area is 77.9 Å². The summed E-state index contributed by atoms with van der Waals surface area (Å²) in [6.45, 7) is 0.666. The van der Waals surface area contributed by atoms with Crippen LogP contribution in [0.5, 0.6) is 0 Å². The third kappa shape index (κ3) is 3.90. The van der Waals surface area contributed by atoms with Crippen molar-refractivity contribution >= 4 is 5.78 Å². The van der Waals surface area contributed by atoms with E-state index < -0.39 is 0 Å². The molecule has 0 saturated carbocycles. The summed E-state index contributed by atoms with van der Waals surface area (Å²) in [7, 11) is 0. The molecule has 0 fully saturated rings. The second-order valence-corrected chi connectivity index (χ2v) is 3.09. The highest BCUT2D eigenvalue weighted by Crippen LogP contribution is 2.04. The first kappa shape index (κ1) is 9.99. The van der Waals surface area contributed by atoms with Gasteiger partial charge in [0.15, 0.2) is 0 Å². The van der Waals surface area contributed by atoms with Crippen molar-refractivity contribution < 1.29 is 9.21 Å². The van der Waals surface area contributed by atoms with Gasteiger partial charge in [0.1, 0.15) is 5.78 Å². The maximum atomic E-state index is 11.3. The largest absolute Gasteiger partial charge is 0.472 e. The topological polar surface area (TPSA) is 56.2 Å². The Bertz CT molecular complexity index is 241. The lowest BCUT2D eigenvalue weighted by Gasteiger charge is -1.97. The zero-order valence-electron chi connectivity index (χ0n) is 7.66. The van der Waals surface area contributed by atoms with Gasteiger partial charge in [-0.25, -0.2) is 0 Å². The normalized spacial score (nSPS) is 10.2. The summed E-state index contributed by atoms with van der Waals surface area (Å²) in [6, 6.07) is 1.82. The average molecular weight is 181 g/mol. The number of Topliss-reactive ketones (excluding diaryl/α,β-unsaturated/α-hetero) is 1. The second kappa shape index (κ2) is 5.54. The Kier molecular flexibility index (Phi) is 4.26. The predicted octanol–water partition coefficient (Wildman–Crippen LogP) is 1.52. The van der Waals surface area contributed by atoms with Crippen molar-refractivity contribution in [1.29, 1.82) is 0 Å². The number of carbonyl (C=O) groups is 1. The summed E-state index contributed by atoms with van der Waals surface area (Å²) < 4.78 is 4.87. The number of ketones is 1. The molecule has 72 valence electrons. The maximum absolute atomic E-state index is 11.3. The molecule has 0 radical (unpaired) electrons. The number of rotatable bonds is 6. The van der Waals surface area contributed by atoms with Gasteiger partial charge in [0, 0.05) is 12.8 Å². The summed E-state index contributed by atoms with van der Waals surface area (Å²) >= 11 is 0. The molecule has 0 aliphatic heterocycles. The van der Waals surface area contributed by atoms with Crippen molar-refractivity contribution in [2.45, 2.75) is 25.7 Å². The van der Waals surface area contributed by atoms with E-state index in [9.17, 15) is 4.79 Å². The van der Waals surface area contributed by atoms with E-state index in [0.717, 1.165) is 18.4 Å². The number of carbonyl (C=O) groups excluding carboxylic acids is 1. The highest BCUT2D eigenvalue weighted by Gasteiger charge is 2.03. The predicted molar refractivity (Wildman–Crippen MR) is 50.3 cm³/mol. The molecule has 0 amide bonds. The van der Waals surface area contributed by atoms with Gasteiger partial charge in [-0.15, -0.1) is 0 Å². The van der Waals surface area contributed by atoms with Gasteiger partial charge in [0.25, 0.3) is 0 Å². The molecule has 1 heterocycles. The van der Waals surface area contributed by atoms with Crippen LogP contribution in [-0.4, -0.2) is 12.3 Å². The number of furan rings is 1. The maximum Gasteiger partial charge on any atom is 0.137 e. The molecule has 13 heavy (non-hydrogen) atoms. The number of hydrogen-bond acceptors (Lipinski definition) is 3. The van der Waals surface area contributed by atoms with Crippen molar-refractivity contribution in [3.8, 4) is 0 Å². The fourth-order valence-electron chi connectivity index (χ4n) is 1.18. The van der Waals surface area contributed by atoms with Crippen LogP contribution in [0.1, 0.15) is 24.8 Å². The summed E-state index contributed by atoms with van der Waals surface area (Å²) in [6.07, 6.45) is 6.14. The van der Waals surface area contributed by atoms with E-state index in [0.29, 0.717) is 19.4 Å². The molecule has 0 spiro atoms. The number of nitrogens with two attached hydrogens (primary N) is 1.